The first-order valence-corrected chi connectivity index (χ1v) is 5.99. The molecule has 7 heteroatoms. The Morgan fingerprint density at radius 2 is 1.72 bits per heavy atom. The molecule has 0 heterocycles. The molecule has 2 unspecified atom stereocenters. The number of hydrogen-bond donors (Lipinski definition) is 5. The molecule has 2 amide bonds. The van der Waals surface area contributed by atoms with Crippen LogP contribution in [0.2, 0.25) is 0 Å². The molecule has 0 aromatic carbocycles. The van der Waals surface area contributed by atoms with Crippen LogP contribution < -0.4 is 10.6 Å². The van der Waals surface area contributed by atoms with E-state index in [2.05, 4.69) is 10.6 Å². The quantitative estimate of drug-likeness (QED) is 0.440. The first-order chi connectivity index (χ1) is 8.45. The van der Waals surface area contributed by atoms with Gasteiger partial charge in [-0.15, -0.1) is 0 Å². The summed E-state index contributed by atoms with van der Waals surface area (Å²) >= 11 is 0. The molecule has 18 heavy (non-hydrogen) atoms. The highest BCUT2D eigenvalue weighted by molar-refractivity contribution is 5.73. The number of aliphatic hydroxyl groups is 2. The summed E-state index contributed by atoms with van der Waals surface area (Å²) in [5.74, 6) is -1.11. The van der Waals surface area contributed by atoms with E-state index in [0.717, 1.165) is 0 Å². The molecule has 0 aromatic heterocycles. The molecule has 2 atom stereocenters. The van der Waals surface area contributed by atoms with E-state index in [1.807, 2.05) is 13.8 Å². The fourth-order valence-electron chi connectivity index (χ4n) is 1.16. The van der Waals surface area contributed by atoms with Crippen LogP contribution in [0.25, 0.3) is 0 Å². The van der Waals surface area contributed by atoms with Crippen molar-refractivity contribution in [3.8, 4) is 0 Å². The van der Waals surface area contributed by atoms with Crippen LogP contribution in [0.5, 0.6) is 0 Å². The van der Waals surface area contributed by atoms with E-state index in [1.165, 1.54) is 7.05 Å². The lowest BCUT2D eigenvalue weighted by molar-refractivity contribution is -0.139. The number of amides is 2. The fraction of sp³-hybridized carbons (Fsp3) is 0.818. The van der Waals surface area contributed by atoms with E-state index in [4.69, 9.17) is 5.11 Å². The average Bonchev–Trinajstić information content (AvgIpc) is 2.30. The molecule has 0 bridgehead atoms. The standard InChI is InChI=1S/C9H18N2O5.C2H6/c1-10-9(16)11-3-2-6(12)4-7(13)5-8(14)15;1-2/h6-7,12-13H,2-5H2,1H3,(H,14,15)(H2,10,11,16);1-2H3. The van der Waals surface area contributed by atoms with Gasteiger partial charge in [-0.05, 0) is 12.8 Å². The van der Waals surface area contributed by atoms with E-state index in [0.29, 0.717) is 0 Å². The summed E-state index contributed by atoms with van der Waals surface area (Å²) in [7, 11) is 1.47. The number of carbonyl (C=O) groups is 2. The topological polar surface area (TPSA) is 119 Å². The van der Waals surface area contributed by atoms with Crippen molar-refractivity contribution in [3.63, 3.8) is 0 Å². The zero-order valence-electron chi connectivity index (χ0n) is 11.1. The van der Waals surface area contributed by atoms with Gasteiger partial charge in [0.1, 0.15) is 0 Å². The van der Waals surface area contributed by atoms with Crippen molar-refractivity contribution >= 4 is 12.0 Å². The fourth-order valence-corrected chi connectivity index (χ4v) is 1.16. The van der Waals surface area contributed by atoms with Crippen LogP contribution in [0.15, 0.2) is 0 Å². The second kappa shape index (κ2) is 12.1. The van der Waals surface area contributed by atoms with Crippen LogP contribution >= 0.6 is 0 Å². The molecule has 0 aliphatic carbocycles. The minimum absolute atomic E-state index is 0.0122. The Morgan fingerprint density at radius 1 is 1.17 bits per heavy atom. The minimum atomic E-state index is -1.11. The molecule has 0 rings (SSSR count). The molecule has 0 aliphatic rings. The summed E-state index contributed by atoms with van der Waals surface area (Å²) in [5.41, 5.74) is 0. The van der Waals surface area contributed by atoms with Gasteiger partial charge in [0.05, 0.1) is 18.6 Å². The molecule has 0 aromatic rings. The van der Waals surface area contributed by atoms with Crippen LogP contribution in [0.3, 0.4) is 0 Å². The Hall–Kier alpha value is -1.34. The smallest absolute Gasteiger partial charge is 0.314 e. The number of nitrogens with one attached hydrogen (secondary N) is 2. The van der Waals surface area contributed by atoms with Crippen molar-refractivity contribution in [3.05, 3.63) is 0 Å². The number of aliphatic hydroxyl groups excluding tert-OH is 2. The molecule has 5 N–H and O–H groups in total. The minimum Gasteiger partial charge on any atom is -0.481 e. The third-order valence-electron chi connectivity index (χ3n) is 1.94. The van der Waals surface area contributed by atoms with Gasteiger partial charge in [0.2, 0.25) is 0 Å². The molecular weight excluding hydrogens is 240 g/mol. The number of urea groups is 1. The Kier molecular flexibility index (Phi) is 12.8. The third kappa shape index (κ3) is 12.7. The van der Waals surface area contributed by atoms with Crippen LogP contribution in [0, 0.1) is 0 Å². The van der Waals surface area contributed by atoms with E-state index in [-0.39, 0.29) is 31.8 Å². The maximum atomic E-state index is 10.7. The highest BCUT2D eigenvalue weighted by atomic mass is 16.4. The summed E-state index contributed by atoms with van der Waals surface area (Å²) in [6.45, 7) is 4.26. The van der Waals surface area contributed by atoms with Gasteiger partial charge < -0.3 is 26.0 Å². The Morgan fingerprint density at radius 3 is 2.17 bits per heavy atom. The van der Waals surface area contributed by atoms with Crippen molar-refractivity contribution in [1.82, 2.24) is 10.6 Å². The van der Waals surface area contributed by atoms with Crippen LogP contribution in [-0.4, -0.2) is 53.1 Å². The summed E-state index contributed by atoms with van der Waals surface area (Å²) in [4.78, 5) is 21.0. The summed E-state index contributed by atoms with van der Waals surface area (Å²) < 4.78 is 0. The molecule has 0 spiro atoms. The average molecular weight is 264 g/mol. The van der Waals surface area contributed by atoms with Crippen molar-refractivity contribution in [2.75, 3.05) is 13.6 Å². The largest absolute Gasteiger partial charge is 0.481 e. The van der Waals surface area contributed by atoms with E-state index < -0.39 is 18.2 Å². The van der Waals surface area contributed by atoms with Crippen molar-refractivity contribution < 1.29 is 24.9 Å². The normalized spacial score (nSPS) is 12.7. The Labute approximate surface area is 107 Å². The molecule has 0 radical (unpaired) electrons. The van der Waals surface area contributed by atoms with Crippen molar-refractivity contribution in [1.29, 1.82) is 0 Å². The Bertz CT molecular complexity index is 235. The van der Waals surface area contributed by atoms with Crippen molar-refractivity contribution in [2.45, 2.75) is 45.3 Å². The zero-order chi connectivity index (χ0) is 14.6. The number of rotatable bonds is 7. The van der Waals surface area contributed by atoms with Crippen LogP contribution in [0.4, 0.5) is 4.79 Å². The number of carbonyl (C=O) groups excluding carboxylic acids is 1. The number of aliphatic carboxylic acids is 1. The van der Waals surface area contributed by atoms with Crippen molar-refractivity contribution in [2.24, 2.45) is 0 Å². The lowest BCUT2D eigenvalue weighted by Gasteiger charge is -2.14. The lowest BCUT2D eigenvalue weighted by atomic mass is 10.1. The van der Waals surface area contributed by atoms with Gasteiger partial charge in [-0.3, -0.25) is 4.79 Å². The van der Waals surface area contributed by atoms with Gasteiger partial charge in [-0.1, -0.05) is 13.8 Å². The second-order valence-electron chi connectivity index (χ2n) is 3.44. The van der Waals surface area contributed by atoms with Gasteiger partial charge in [-0.25, -0.2) is 4.79 Å². The SMILES string of the molecule is CC.CNC(=O)NCCC(O)CC(O)CC(=O)O. The second-order valence-corrected chi connectivity index (χ2v) is 3.44. The Balaban J connectivity index is 0. The number of carboxylic acid groups (broad SMARTS) is 1. The van der Waals surface area contributed by atoms with Gasteiger partial charge >= 0.3 is 12.0 Å². The molecule has 0 fully saturated rings. The summed E-state index contributed by atoms with van der Waals surface area (Å²) in [5, 5.41) is 31.8. The van der Waals surface area contributed by atoms with Crippen LogP contribution in [-0.2, 0) is 4.79 Å². The molecule has 7 nitrogen and oxygen atoms in total. The highest BCUT2D eigenvalue weighted by Crippen LogP contribution is 2.05. The summed E-state index contributed by atoms with van der Waals surface area (Å²) in [6.07, 6.45) is -2.02. The van der Waals surface area contributed by atoms with Crippen LogP contribution in [0.1, 0.15) is 33.1 Å². The van der Waals surface area contributed by atoms with E-state index in [9.17, 15) is 19.8 Å². The highest BCUT2D eigenvalue weighted by Gasteiger charge is 2.14. The number of hydrogen-bond acceptors (Lipinski definition) is 4. The molecule has 108 valence electrons. The lowest BCUT2D eigenvalue weighted by Crippen LogP contribution is -2.35. The van der Waals surface area contributed by atoms with E-state index in [1.54, 1.807) is 0 Å². The van der Waals surface area contributed by atoms with E-state index >= 15 is 0 Å². The zero-order valence-corrected chi connectivity index (χ0v) is 11.1. The van der Waals surface area contributed by atoms with Gasteiger partial charge in [0.15, 0.2) is 0 Å². The molecule has 0 saturated heterocycles. The monoisotopic (exact) mass is 264 g/mol. The van der Waals surface area contributed by atoms with Gasteiger partial charge in [0.25, 0.3) is 0 Å². The van der Waals surface area contributed by atoms with Gasteiger partial charge in [-0.2, -0.15) is 0 Å². The first kappa shape index (κ1) is 19.0. The molecule has 0 saturated carbocycles. The maximum Gasteiger partial charge on any atom is 0.314 e. The third-order valence-corrected chi connectivity index (χ3v) is 1.94. The predicted octanol–water partition coefficient (Wildman–Crippen LogP) is -0.0817. The van der Waals surface area contributed by atoms with Gasteiger partial charge in [0, 0.05) is 13.6 Å². The molecular formula is C11H24N2O5. The predicted molar refractivity (Wildman–Crippen MR) is 67.3 cm³/mol. The maximum absolute atomic E-state index is 10.7. The number of carboxylic acids is 1. The molecule has 0 aliphatic heterocycles. The first-order valence-electron chi connectivity index (χ1n) is 5.99. The summed E-state index contributed by atoms with van der Waals surface area (Å²) in [6, 6.07) is -0.349.